The van der Waals surface area contributed by atoms with Crippen LogP contribution in [0.3, 0.4) is 0 Å². The maximum atomic E-state index is 11.6. The van der Waals surface area contributed by atoms with E-state index in [2.05, 4.69) is 38.2 Å². The van der Waals surface area contributed by atoms with Crippen molar-refractivity contribution in [1.82, 2.24) is 40.6 Å². The van der Waals surface area contributed by atoms with Gasteiger partial charge in [-0.05, 0) is 57.9 Å². The molecule has 27 heteroatoms. The second kappa shape index (κ2) is 39.2. The van der Waals surface area contributed by atoms with E-state index in [4.69, 9.17) is 62.6 Å². The molecule has 0 aliphatic carbocycles. The second-order valence-corrected chi connectivity index (χ2v) is 21.1. The van der Waals surface area contributed by atoms with Crippen LogP contribution in [0.5, 0.6) is 0 Å². The quantitative estimate of drug-likeness (QED) is 0.0445. The first kappa shape index (κ1) is 68.3. The Morgan fingerprint density at radius 1 is 0.556 bits per heavy atom. The van der Waals surface area contributed by atoms with E-state index in [9.17, 15) is 30.0 Å². The van der Waals surface area contributed by atoms with E-state index in [1.165, 1.54) is 0 Å². The molecule has 466 valence electrons. The van der Waals surface area contributed by atoms with E-state index in [0.717, 1.165) is 57.8 Å². The summed E-state index contributed by atoms with van der Waals surface area (Å²) in [5.41, 5.74) is 4.64. The van der Waals surface area contributed by atoms with Crippen LogP contribution >= 0.6 is 0 Å². The molecule has 0 aromatic carbocycles. The number of aromatic nitrogens is 6. The Hall–Kier alpha value is -3.46. The molecule has 4 aliphatic heterocycles. The van der Waals surface area contributed by atoms with Gasteiger partial charge >= 0.3 is 0 Å². The second-order valence-electron chi connectivity index (χ2n) is 21.1. The van der Waals surface area contributed by atoms with Crippen LogP contribution in [0.1, 0.15) is 109 Å². The first-order valence-electron chi connectivity index (χ1n) is 29.3. The van der Waals surface area contributed by atoms with Gasteiger partial charge in [0, 0.05) is 117 Å². The largest absolute Gasteiger partial charge is 0.390 e. The zero-order valence-corrected chi connectivity index (χ0v) is 48.3. The molecule has 0 saturated carbocycles. The van der Waals surface area contributed by atoms with Crippen LogP contribution in [0.2, 0.25) is 0 Å². The highest BCUT2D eigenvalue weighted by atomic mass is 16.7. The zero-order chi connectivity index (χ0) is 58.0. The summed E-state index contributed by atoms with van der Waals surface area (Å²) in [5, 5.41) is 63.9. The number of amides is 2. The third-order valence-electron chi connectivity index (χ3n) is 14.1. The summed E-state index contributed by atoms with van der Waals surface area (Å²) in [5.74, 6) is -0.487. The van der Waals surface area contributed by atoms with Crippen molar-refractivity contribution >= 4 is 11.8 Å². The molecular weight excluding hydrogens is 1060 g/mol. The van der Waals surface area contributed by atoms with Gasteiger partial charge in [0.25, 0.3) is 0 Å². The van der Waals surface area contributed by atoms with Crippen molar-refractivity contribution in [3.05, 3.63) is 23.8 Å². The lowest BCUT2D eigenvalue weighted by Crippen LogP contribution is -2.59. The number of hydrogen-bond acceptors (Lipinski definition) is 23. The minimum absolute atomic E-state index is 0.0113. The Labute approximate surface area is 477 Å². The standard InChI is InChI=1S/C28H50N4O9.C26H47N5O9/c1-3-4-5-9-24(33)29-10-17-38-15-7-13-36-11-6-12-37-14-8-16-39-19-23-18-32(31-30-23)20-28-21-40-27(41-28)22(2)25(34)26(28)35;1-20-23(33)24(34)26(19-39-25(20)40-26)18-31-16-21(29-30-31)17-38-14-5-12-36-10-3-9-35-11-4-13-37-15-8-28-22(32)6-2-7-27/h18,22,25-27,34-35H,3-17,19-21H2,1-2H3,(H,29,33);16,20,23-25,33-34H,2-15,17-19,27H2,1H3,(H,28,32)/t22-,25-,26-,27+,28+;20-,23-,24-,25+,26+/m11/s1. The molecule has 2 amide bonds. The molecule has 10 atom stereocenters. The molecule has 4 bridgehead atoms. The van der Waals surface area contributed by atoms with Gasteiger partial charge in [-0.15, -0.1) is 10.2 Å². The number of ether oxygens (including phenoxy) is 12. The maximum Gasteiger partial charge on any atom is 0.220 e. The normalized spacial score (nSPS) is 25.7. The Kier molecular flexibility index (Phi) is 33.1. The minimum Gasteiger partial charge on any atom is -0.390 e. The van der Waals surface area contributed by atoms with Crippen molar-refractivity contribution in [1.29, 1.82) is 0 Å². The zero-order valence-electron chi connectivity index (χ0n) is 48.3. The average Bonchev–Trinajstić information content (AvgIpc) is 4.22. The van der Waals surface area contributed by atoms with Crippen LogP contribution in [-0.2, 0) is 92.7 Å². The molecule has 4 aliphatic rings. The molecule has 2 aromatic rings. The smallest absolute Gasteiger partial charge is 0.220 e. The molecule has 4 saturated heterocycles. The van der Waals surface area contributed by atoms with Crippen LogP contribution in [0.15, 0.2) is 12.4 Å². The average molecular weight is 1160 g/mol. The molecule has 2 aromatic heterocycles. The molecule has 81 heavy (non-hydrogen) atoms. The topological polar surface area (TPSA) is 337 Å². The molecule has 27 nitrogen and oxygen atoms in total. The van der Waals surface area contributed by atoms with E-state index in [1.807, 2.05) is 0 Å². The molecule has 0 radical (unpaired) electrons. The van der Waals surface area contributed by atoms with Crippen LogP contribution in [0.4, 0.5) is 0 Å². The van der Waals surface area contributed by atoms with Gasteiger partial charge in [0.2, 0.25) is 11.8 Å². The van der Waals surface area contributed by atoms with Gasteiger partial charge in [-0.3, -0.25) is 9.59 Å². The molecule has 8 N–H and O–H groups in total. The Morgan fingerprint density at radius 2 is 0.914 bits per heavy atom. The van der Waals surface area contributed by atoms with Gasteiger partial charge in [0.15, 0.2) is 12.6 Å². The van der Waals surface area contributed by atoms with Crippen LogP contribution < -0.4 is 16.4 Å². The SMILES string of the molecule is CCCCCC(=O)NCCOCCCOCCCOCCCOCc1cn(C[C@@]23CO[C@@H](O2)[C@H](C)[C@@H](O)[C@H]3O)nn1.C[C@H]1[C@H]2OC[C@](Cn3cc(COCCCOCCCOCCCOCCNC(=O)CCCN)nn3)(O2)[C@H](O)[C@@H]1O. The van der Waals surface area contributed by atoms with Crippen molar-refractivity contribution in [2.75, 3.05) is 125 Å². The summed E-state index contributed by atoms with van der Waals surface area (Å²) in [6.07, 6.45) is 8.19. The molecule has 0 unspecified atom stereocenters. The number of aliphatic hydroxyl groups is 4. The predicted octanol–water partition coefficient (Wildman–Crippen LogP) is 0.548. The summed E-state index contributed by atoms with van der Waals surface area (Å²) in [6, 6.07) is 0. The van der Waals surface area contributed by atoms with Gasteiger partial charge in [-0.1, -0.05) is 44.0 Å². The Bertz CT molecular complexity index is 1980. The van der Waals surface area contributed by atoms with E-state index in [0.29, 0.717) is 156 Å². The number of carbonyl (C=O) groups excluding carboxylic acids is 2. The molecule has 4 fully saturated rings. The van der Waals surface area contributed by atoms with Crippen LogP contribution in [0, 0.1) is 11.8 Å². The molecule has 0 spiro atoms. The fourth-order valence-corrected chi connectivity index (χ4v) is 9.30. The van der Waals surface area contributed by atoms with E-state index in [1.54, 1.807) is 35.6 Å². The molecular formula is C54H97N9O18. The molecule has 6 heterocycles. The Morgan fingerprint density at radius 3 is 1.28 bits per heavy atom. The van der Waals surface area contributed by atoms with Crippen LogP contribution in [-0.4, -0.2) is 236 Å². The molecule has 6 rings (SSSR count). The number of nitrogens with two attached hydrogens (primary N) is 1. The lowest BCUT2D eigenvalue weighted by atomic mass is 9.85. The third-order valence-corrected chi connectivity index (χ3v) is 14.1. The van der Waals surface area contributed by atoms with E-state index in [-0.39, 0.29) is 50.0 Å². The maximum absolute atomic E-state index is 11.6. The van der Waals surface area contributed by atoms with Gasteiger partial charge in [0.05, 0.1) is 77.3 Å². The van der Waals surface area contributed by atoms with Crippen molar-refractivity contribution < 1.29 is 86.9 Å². The highest BCUT2D eigenvalue weighted by Crippen LogP contribution is 2.42. The summed E-state index contributed by atoms with van der Waals surface area (Å²) in [4.78, 5) is 23.0. The lowest BCUT2D eigenvalue weighted by molar-refractivity contribution is -0.240. The number of hydrogen-bond donors (Lipinski definition) is 7. The number of rotatable bonds is 45. The monoisotopic (exact) mass is 1160 g/mol. The van der Waals surface area contributed by atoms with Gasteiger partial charge in [-0.25, -0.2) is 9.36 Å². The fourth-order valence-electron chi connectivity index (χ4n) is 9.30. The van der Waals surface area contributed by atoms with Crippen molar-refractivity contribution in [3.8, 4) is 0 Å². The third kappa shape index (κ3) is 24.6. The van der Waals surface area contributed by atoms with E-state index >= 15 is 0 Å². The Balaban J connectivity index is 0.000000297. The highest BCUT2D eigenvalue weighted by molar-refractivity contribution is 5.76. The number of aliphatic hydroxyl groups excluding tert-OH is 4. The van der Waals surface area contributed by atoms with Gasteiger partial charge in [-0.2, -0.15) is 0 Å². The number of unbranched alkanes of at least 4 members (excludes halogenated alkanes) is 2. The lowest BCUT2D eigenvalue weighted by Gasteiger charge is -2.41. The minimum atomic E-state index is -1.07. The van der Waals surface area contributed by atoms with E-state index < -0.39 is 48.2 Å². The number of nitrogens with one attached hydrogen (secondary N) is 2. The highest BCUT2D eigenvalue weighted by Gasteiger charge is 2.59. The van der Waals surface area contributed by atoms with Crippen molar-refractivity contribution in [3.63, 3.8) is 0 Å². The first-order valence-corrected chi connectivity index (χ1v) is 29.3. The number of carbonyl (C=O) groups is 2. The summed E-state index contributed by atoms with van der Waals surface area (Å²) < 4.78 is 71.0. The number of nitrogens with zero attached hydrogens (tertiary/aromatic N) is 6. The summed E-state index contributed by atoms with van der Waals surface area (Å²) >= 11 is 0. The van der Waals surface area contributed by atoms with Crippen molar-refractivity contribution in [2.45, 2.75) is 172 Å². The summed E-state index contributed by atoms with van der Waals surface area (Å²) in [7, 11) is 0. The van der Waals surface area contributed by atoms with Gasteiger partial charge in [0.1, 0.15) is 34.8 Å². The fraction of sp³-hybridized carbons (Fsp3) is 0.889. The summed E-state index contributed by atoms with van der Waals surface area (Å²) in [6.45, 7) is 17.1. The van der Waals surface area contributed by atoms with Crippen molar-refractivity contribution in [2.24, 2.45) is 17.6 Å². The van der Waals surface area contributed by atoms with Gasteiger partial charge < -0.3 is 93.6 Å². The first-order chi connectivity index (χ1) is 39.4. The van der Waals surface area contributed by atoms with Crippen LogP contribution in [0.25, 0.3) is 0 Å². The number of fused-ring (bicyclic) bond motifs is 4. The predicted molar refractivity (Wildman–Crippen MR) is 290 cm³/mol.